The lowest BCUT2D eigenvalue weighted by Crippen LogP contribution is -2.49. The highest BCUT2D eigenvalue weighted by Gasteiger charge is 2.22. The van der Waals surface area contributed by atoms with Crippen LogP contribution in [0.4, 0.5) is 8.78 Å². The van der Waals surface area contributed by atoms with Gasteiger partial charge in [-0.2, -0.15) is 0 Å². The molecule has 5 heteroatoms. The van der Waals surface area contributed by atoms with Crippen LogP contribution in [0, 0.1) is 11.6 Å². The fraction of sp³-hybridized carbons (Fsp3) is 0.538. The van der Waals surface area contributed by atoms with Crippen molar-refractivity contribution in [1.29, 1.82) is 0 Å². The fourth-order valence-corrected chi connectivity index (χ4v) is 2.36. The summed E-state index contributed by atoms with van der Waals surface area (Å²) in [7, 11) is 2.06. The second-order valence-electron chi connectivity index (χ2n) is 4.99. The van der Waals surface area contributed by atoms with E-state index < -0.39 is 17.4 Å². The van der Waals surface area contributed by atoms with Gasteiger partial charge >= 0.3 is 0 Å². The van der Waals surface area contributed by atoms with Crippen molar-refractivity contribution < 1.29 is 13.9 Å². The van der Waals surface area contributed by atoms with Crippen LogP contribution in [-0.2, 0) is 6.54 Å². The number of piperazine rings is 1. The SMILES string of the molecule is CC1CN(C)CCN1Cc1cc(F)c(O)c(F)c1. The van der Waals surface area contributed by atoms with Crippen LogP contribution in [0.3, 0.4) is 0 Å². The van der Waals surface area contributed by atoms with E-state index in [2.05, 4.69) is 23.8 Å². The summed E-state index contributed by atoms with van der Waals surface area (Å²) in [6.07, 6.45) is 0. The van der Waals surface area contributed by atoms with Crippen molar-refractivity contribution in [3.63, 3.8) is 0 Å². The molecule has 1 unspecified atom stereocenters. The molecule has 0 amide bonds. The first-order valence-corrected chi connectivity index (χ1v) is 6.07. The van der Waals surface area contributed by atoms with E-state index in [0.29, 0.717) is 18.2 Å². The first-order chi connectivity index (χ1) is 8.47. The fourth-order valence-electron chi connectivity index (χ4n) is 2.36. The quantitative estimate of drug-likeness (QED) is 0.874. The normalized spacial score (nSPS) is 22.3. The highest BCUT2D eigenvalue weighted by molar-refractivity contribution is 5.30. The van der Waals surface area contributed by atoms with Crippen molar-refractivity contribution in [2.75, 3.05) is 26.7 Å². The minimum Gasteiger partial charge on any atom is -0.503 e. The maximum atomic E-state index is 13.2. The zero-order chi connectivity index (χ0) is 13.3. The molecule has 1 aromatic rings. The molecule has 0 bridgehead atoms. The van der Waals surface area contributed by atoms with Gasteiger partial charge in [-0.3, -0.25) is 4.90 Å². The first kappa shape index (κ1) is 13.2. The van der Waals surface area contributed by atoms with Gasteiger partial charge in [-0.05, 0) is 31.7 Å². The van der Waals surface area contributed by atoms with E-state index in [4.69, 9.17) is 5.11 Å². The van der Waals surface area contributed by atoms with Crippen LogP contribution in [0.2, 0.25) is 0 Å². The molecule has 18 heavy (non-hydrogen) atoms. The van der Waals surface area contributed by atoms with Crippen LogP contribution in [0.15, 0.2) is 12.1 Å². The molecule has 100 valence electrons. The summed E-state index contributed by atoms with van der Waals surface area (Å²) in [5, 5.41) is 9.05. The van der Waals surface area contributed by atoms with Gasteiger partial charge in [0, 0.05) is 32.2 Å². The molecule has 0 spiro atoms. The van der Waals surface area contributed by atoms with E-state index in [0.717, 1.165) is 19.6 Å². The summed E-state index contributed by atoms with van der Waals surface area (Å²) < 4.78 is 26.5. The van der Waals surface area contributed by atoms with Crippen LogP contribution in [0.5, 0.6) is 5.75 Å². The Balaban J connectivity index is 2.10. The van der Waals surface area contributed by atoms with E-state index in [1.54, 1.807) is 0 Å². The maximum Gasteiger partial charge on any atom is 0.187 e. The zero-order valence-corrected chi connectivity index (χ0v) is 10.7. The third-order valence-electron chi connectivity index (χ3n) is 3.43. The van der Waals surface area contributed by atoms with Crippen LogP contribution in [0.1, 0.15) is 12.5 Å². The Labute approximate surface area is 106 Å². The van der Waals surface area contributed by atoms with Gasteiger partial charge in [0.1, 0.15) is 0 Å². The summed E-state index contributed by atoms with van der Waals surface area (Å²) in [5.74, 6) is -2.69. The second-order valence-corrected chi connectivity index (χ2v) is 4.99. The minimum atomic E-state index is -0.898. The number of aromatic hydroxyl groups is 1. The number of hydrogen-bond acceptors (Lipinski definition) is 3. The van der Waals surface area contributed by atoms with Gasteiger partial charge in [-0.1, -0.05) is 0 Å². The smallest absolute Gasteiger partial charge is 0.187 e. The molecule has 1 saturated heterocycles. The van der Waals surface area contributed by atoms with Crippen molar-refractivity contribution in [2.24, 2.45) is 0 Å². The third-order valence-corrected chi connectivity index (χ3v) is 3.43. The van der Waals surface area contributed by atoms with Crippen LogP contribution >= 0.6 is 0 Å². The summed E-state index contributed by atoms with van der Waals surface area (Å²) >= 11 is 0. The molecule has 1 aliphatic heterocycles. The van der Waals surface area contributed by atoms with Gasteiger partial charge < -0.3 is 10.0 Å². The number of phenolic OH excluding ortho intramolecular Hbond substituents is 1. The Morgan fingerprint density at radius 3 is 2.44 bits per heavy atom. The van der Waals surface area contributed by atoms with Crippen molar-refractivity contribution in [3.05, 3.63) is 29.3 Å². The lowest BCUT2D eigenvalue weighted by molar-refractivity contribution is 0.0936. The third kappa shape index (κ3) is 2.79. The highest BCUT2D eigenvalue weighted by Crippen LogP contribution is 2.23. The van der Waals surface area contributed by atoms with E-state index in [1.165, 1.54) is 12.1 Å². The molecule has 0 radical (unpaired) electrons. The van der Waals surface area contributed by atoms with E-state index in [9.17, 15) is 8.78 Å². The molecule has 0 aromatic heterocycles. The molecule has 3 nitrogen and oxygen atoms in total. The molecule has 1 heterocycles. The number of halogens is 2. The van der Waals surface area contributed by atoms with Crippen molar-refractivity contribution >= 4 is 0 Å². The van der Waals surface area contributed by atoms with Gasteiger partial charge in [-0.15, -0.1) is 0 Å². The van der Waals surface area contributed by atoms with E-state index >= 15 is 0 Å². The Morgan fingerprint density at radius 1 is 1.28 bits per heavy atom. The van der Waals surface area contributed by atoms with Gasteiger partial charge in [0.2, 0.25) is 0 Å². The molecular weight excluding hydrogens is 238 g/mol. The molecule has 1 fully saturated rings. The summed E-state index contributed by atoms with van der Waals surface area (Å²) in [5.41, 5.74) is 0.555. The van der Waals surface area contributed by atoms with Crippen molar-refractivity contribution in [1.82, 2.24) is 9.80 Å². The van der Waals surface area contributed by atoms with Crippen molar-refractivity contribution in [3.8, 4) is 5.75 Å². The van der Waals surface area contributed by atoms with Crippen LogP contribution < -0.4 is 0 Å². The summed E-state index contributed by atoms with van der Waals surface area (Å²) in [6.45, 7) is 5.38. The predicted octanol–water partition coefficient (Wildman–Crippen LogP) is 1.81. The number of benzene rings is 1. The molecule has 1 aromatic carbocycles. The number of rotatable bonds is 2. The van der Waals surface area contributed by atoms with Gasteiger partial charge in [0.25, 0.3) is 0 Å². The van der Waals surface area contributed by atoms with Crippen LogP contribution in [0.25, 0.3) is 0 Å². The maximum absolute atomic E-state index is 13.2. The first-order valence-electron chi connectivity index (χ1n) is 6.07. The molecular formula is C13H18F2N2O. The number of hydrogen-bond donors (Lipinski definition) is 1. The molecule has 1 atom stereocenters. The number of likely N-dealkylation sites (N-methyl/N-ethyl adjacent to an activating group) is 1. The second kappa shape index (κ2) is 5.20. The molecule has 0 aliphatic carbocycles. The van der Waals surface area contributed by atoms with Gasteiger partial charge in [0.15, 0.2) is 17.4 Å². The number of phenols is 1. The topological polar surface area (TPSA) is 26.7 Å². The Kier molecular flexibility index (Phi) is 3.82. The largest absolute Gasteiger partial charge is 0.503 e. The van der Waals surface area contributed by atoms with Gasteiger partial charge in [-0.25, -0.2) is 8.78 Å². The van der Waals surface area contributed by atoms with Crippen LogP contribution in [-0.4, -0.2) is 47.6 Å². The highest BCUT2D eigenvalue weighted by atomic mass is 19.1. The monoisotopic (exact) mass is 256 g/mol. The van der Waals surface area contributed by atoms with E-state index in [1.807, 2.05) is 0 Å². The summed E-state index contributed by atoms with van der Waals surface area (Å²) in [4.78, 5) is 4.42. The molecule has 0 saturated carbocycles. The molecule has 1 N–H and O–H groups in total. The molecule has 1 aliphatic rings. The Bertz CT molecular complexity index is 416. The Morgan fingerprint density at radius 2 is 1.89 bits per heavy atom. The standard InChI is InChI=1S/C13H18F2N2O/c1-9-7-16(2)3-4-17(9)8-10-5-11(14)13(18)12(15)6-10/h5-6,9,18H,3-4,7-8H2,1-2H3. The predicted molar refractivity (Wildman–Crippen MR) is 65.4 cm³/mol. The summed E-state index contributed by atoms with van der Waals surface area (Å²) in [6, 6.07) is 2.75. The van der Waals surface area contributed by atoms with Gasteiger partial charge in [0.05, 0.1) is 0 Å². The lowest BCUT2D eigenvalue weighted by Gasteiger charge is -2.38. The zero-order valence-electron chi connectivity index (χ0n) is 10.7. The minimum absolute atomic E-state index is 0.351. The number of nitrogens with zero attached hydrogens (tertiary/aromatic N) is 2. The van der Waals surface area contributed by atoms with Crippen molar-refractivity contribution in [2.45, 2.75) is 19.5 Å². The average Bonchev–Trinajstić information content (AvgIpc) is 2.29. The molecule has 2 rings (SSSR count). The Hall–Kier alpha value is -1.20. The van der Waals surface area contributed by atoms with E-state index in [-0.39, 0.29) is 0 Å². The average molecular weight is 256 g/mol. The lowest BCUT2D eigenvalue weighted by atomic mass is 10.1.